The van der Waals surface area contributed by atoms with Crippen LogP contribution >= 0.6 is 11.3 Å². The smallest absolute Gasteiger partial charge is 0.374 e. The summed E-state index contributed by atoms with van der Waals surface area (Å²) in [4.78, 5) is 16.7. The van der Waals surface area contributed by atoms with Gasteiger partial charge in [0.2, 0.25) is 11.5 Å². The monoisotopic (exact) mass is 375 g/mol. The number of carbonyl (C=O) groups excluding carboxylic acids is 1. The first-order valence-electron chi connectivity index (χ1n) is 7.66. The van der Waals surface area contributed by atoms with Gasteiger partial charge < -0.3 is 15.0 Å². The Balaban J connectivity index is 2.25. The van der Waals surface area contributed by atoms with Crippen LogP contribution in [0.2, 0.25) is 0 Å². The molecule has 2 unspecified atom stereocenters. The number of rotatable bonds is 6. The van der Waals surface area contributed by atoms with E-state index in [0.717, 1.165) is 15.6 Å². The number of thiophene rings is 1. The Morgan fingerprint density at radius 3 is 2.56 bits per heavy atom. The molecule has 2 N–H and O–H groups in total. The van der Waals surface area contributed by atoms with E-state index < -0.39 is 36.0 Å². The van der Waals surface area contributed by atoms with Crippen LogP contribution in [0.5, 0.6) is 0 Å². The van der Waals surface area contributed by atoms with Gasteiger partial charge in [-0.15, -0.1) is 11.3 Å². The molecule has 0 radical (unpaired) electrons. The molecule has 0 saturated heterocycles. The van der Waals surface area contributed by atoms with Crippen molar-refractivity contribution in [3.63, 3.8) is 0 Å². The minimum atomic E-state index is -5.04. The summed E-state index contributed by atoms with van der Waals surface area (Å²) in [6.45, 7) is 3.72. The first-order valence-corrected chi connectivity index (χ1v) is 8.54. The predicted octanol–water partition coefficient (Wildman–Crippen LogP) is 3.14. The van der Waals surface area contributed by atoms with Gasteiger partial charge in [0.05, 0.1) is 12.5 Å². The SMILES string of the molecule is CC(C)C(NC(=O)CC(O)(c1nccn1C)C(F)(F)F)c1cccs1. The van der Waals surface area contributed by atoms with Gasteiger partial charge in [-0.2, -0.15) is 13.2 Å². The van der Waals surface area contributed by atoms with E-state index in [2.05, 4.69) is 10.3 Å². The van der Waals surface area contributed by atoms with E-state index in [1.165, 1.54) is 24.6 Å². The van der Waals surface area contributed by atoms with Crippen LogP contribution in [-0.2, 0) is 17.4 Å². The van der Waals surface area contributed by atoms with Crippen molar-refractivity contribution >= 4 is 17.2 Å². The molecule has 9 heteroatoms. The van der Waals surface area contributed by atoms with Crippen LogP contribution in [0.3, 0.4) is 0 Å². The number of amides is 1. The number of nitrogens with zero attached hydrogens (tertiary/aromatic N) is 2. The standard InChI is InChI=1S/C16H20F3N3O2S/c1-10(2)13(11-5-4-8-25-11)21-12(23)9-15(24,16(17,18)19)14-20-6-7-22(14)3/h4-8,10,13,24H,9H2,1-3H3,(H,21,23). The molecular formula is C16H20F3N3O2S. The zero-order chi connectivity index (χ0) is 18.8. The van der Waals surface area contributed by atoms with Gasteiger partial charge in [-0.25, -0.2) is 4.98 Å². The Hall–Kier alpha value is -1.87. The number of hydrogen-bond donors (Lipinski definition) is 2. The molecule has 0 aliphatic carbocycles. The molecule has 2 heterocycles. The summed E-state index contributed by atoms with van der Waals surface area (Å²) in [6.07, 6.45) is -3.77. The highest BCUT2D eigenvalue weighted by Gasteiger charge is 2.58. The largest absolute Gasteiger partial charge is 0.425 e. The van der Waals surface area contributed by atoms with Crippen LogP contribution in [0.4, 0.5) is 13.2 Å². The minimum absolute atomic E-state index is 0.0188. The first kappa shape index (κ1) is 19.5. The highest BCUT2D eigenvalue weighted by atomic mass is 32.1. The number of imidazole rings is 1. The van der Waals surface area contributed by atoms with Crippen LogP contribution in [0, 0.1) is 5.92 Å². The number of aryl methyl sites for hydroxylation is 1. The van der Waals surface area contributed by atoms with E-state index in [1.807, 2.05) is 31.4 Å². The highest BCUT2D eigenvalue weighted by Crippen LogP contribution is 2.41. The number of alkyl halides is 3. The molecule has 0 aliphatic rings. The molecule has 2 aromatic rings. The van der Waals surface area contributed by atoms with E-state index in [9.17, 15) is 23.1 Å². The topological polar surface area (TPSA) is 67.2 Å². The lowest BCUT2D eigenvalue weighted by Gasteiger charge is -2.30. The molecule has 0 aliphatic heterocycles. The molecule has 138 valence electrons. The van der Waals surface area contributed by atoms with Gasteiger partial charge >= 0.3 is 6.18 Å². The van der Waals surface area contributed by atoms with Gasteiger partial charge in [-0.1, -0.05) is 19.9 Å². The molecule has 0 saturated carbocycles. The van der Waals surface area contributed by atoms with Crippen LogP contribution in [0.25, 0.3) is 0 Å². The number of aromatic nitrogens is 2. The van der Waals surface area contributed by atoms with Crippen LogP contribution < -0.4 is 5.32 Å². The molecule has 0 bridgehead atoms. The van der Waals surface area contributed by atoms with Crippen molar-refractivity contribution in [3.05, 3.63) is 40.6 Å². The van der Waals surface area contributed by atoms with Crippen LogP contribution in [0.15, 0.2) is 29.9 Å². The number of nitrogens with one attached hydrogen (secondary N) is 1. The second-order valence-electron chi connectivity index (χ2n) is 6.20. The Bertz CT molecular complexity index is 713. The summed E-state index contributed by atoms with van der Waals surface area (Å²) >= 11 is 1.41. The highest BCUT2D eigenvalue weighted by molar-refractivity contribution is 7.10. The second-order valence-corrected chi connectivity index (χ2v) is 7.18. The molecule has 2 aromatic heterocycles. The molecule has 0 fully saturated rings. The summed E-state index contributed by atoms with van der Waals surface area (Å²) in [5.41, 5.74) is -3.35. The molecule has 2 atom stereocenters. The zero-order valence-electron chi connectivity index (χ0n) is 14.0. The molecule has 5 nitrogen and oxygen atoms in total. The fraction of sp³-hybridized carbons (Fsp3) is 0.500. The van der Waals surface area contributed by atoms with Gasteiger partial charge in [0, 0.05) is 24.3 Å². The maximum Gasteiger partial charge on any atom is 0.425 e. The fourth-order valence-corrected chi connectivity index (χ4v) is 3.51. The number of halogens is 3. The summed E-state index contributed by atoms with van der Waals surface area (Å²) in [7, 11) is 1.33. The Labute approximate surface area is 147 Å². The summed E-state index contributed by atoms with van der Waals surface area (Å²) in [5, 5.41) is 14.7. The quantitative estimate of drug-likeness (QED) is 0.815. The van der Waals surface area contributed by atoms with Gasteiger partial charge in [-0.05, 0) is 17.4 Å². The summed E-state index contributed by atoms with van der Waals surface area (Å²) in [5.74, 6) is -1.53. The van der Waals surface area contributed by atoms with Crippen molar-refractivity contribution in [3.8, 4) is 0 Å². The fourth-order valence-electron chi connectivity index (χ4n) is 2.56. The van der Waals surface area contributed by atoms with E-state index in [1.54, 1.807) is 0 Å². The van der Waals surface area contributed by atoms with E-state index >= 15 is 0 Å². The predicted molar refractivity (Wildman–Crippen MR) is 87.8 cm³/mol. The minimum Gasteiger partial charge on any atom is -0.374 e. The average molecular weight is 375 g/mol. The normalized spacial score (nSPS) is 15.8. The third kappa shape index (κ3) is 4.04. The number of hydrogen-bond acceptors (Lipinski definition) is 4. The van der Waals surface area contributed by atoms with Gasteiger partial charge in [0.15, 0.2) is 5.82 Å². The Morgan fingerprint density at radius 2 is 2.12 bits per heavy atom. The van der Waals surface area contributed by atoms with E-state index in [-0.39, 0.29) is 5.92 Å². The summed E-state index contributed by atoms with van der Waals surface area (Å²) in [6, 6.07) is 3.19. The number of carbonyl (C=O) groups is 1. The third-order valence-corrected chi connectivity index (χ3v) is 4.86. The molecule has 1 amide bonds. The second kappa shape index (κ2) is 7.17. The van der Waals surface area contributed by atoms with E-state index in [4.69, 9.17) is 0 Å². The van der Waals surface area contributed by atoms with Crippen molar-refractivity contribution in [2.24, 2.45) is 13.0 Å². The lowest BCUT2D eigenvalue weighted by atomic mass is 9.96. The zero-order valence-corrected chi connectivity index (χ0v) is 14.9. The molecular weight excluding hydrogens is 355 g/mol. The number of aliphatic hydroxyl groups is 1. The van der Waals surface area contributed by atoms with Gasteiger partial charge in [-0.3, -0.25) is 4.79 Å². The lowest BCUT2D eigenvalue weighted by Crippen LogP contribution is -2.48. The maximum absolute atomic E-state index is 13.5. The van der Waals surface area contributed by atoms with Crippen LogP contribution in [0.1, 0.15) is 37.0 Å². The van der Waals surface area contributed by atoms with E-state index in [0.29, 0.717) is 0 Å². The molecule has 2 rings (SSSR count). The van der Waals surface area contributed by atoms with Gasteiger partial charge in [0.25, 0.3) is 0 Å². The van der Waals surface area contributed by atoms with Crippen molar-refractivity contribution in [2.75, 3.05) is 0 Å². The molecule has 0 aromatic carbocycles. The first-order chi connectivity index (χ1) is 11.6. The lowest BCUT2D eigenvalue weighted by molar-refractivity contribution is -0.271. The molecule has 0 spiro atoms. The third-order valence-electron chi connectivity index (χ3n) is 3.91. The van der Waals surface area contributed by atoms with Crippen molar-refractivity contribution in [1.82, 2.24) is 14.9 Å². The van der Waals surface area contributed by atoms with Crippen LogP contribution in [-0.4, -0.2) is 26.7 Å². The van der Waals surface area contributed by atoms with Crippen molar-refractivity contribution in [2.45, 2.75) is 38.1 Å². The maximum atomic E-state index is 13.5. The van der Waals surface area contributed by atoms with Crippen molar-refractivity contribution in [1.29, 1.82) is 0 Å². The average Bonchev–Trinajstić information content (AvgIpc) is 3.14. The van der Waals surface area contributed by atoms with Gasteiger partial charge in [0.1, 0.15) is 0 Å². The summed E-state index contributed by atoms with van der Waals surface area (Å²) < 4.78 is 41.5. The Kier molecular flexibility index (Phi) is 5.58. The van der Waals surface area contributed by atoms with Crippen molar-refractivity contribution < 1.29 is 23.1 Å². The molecule has 25 heavy (non-hydrogen) atoms. The Morgan fingerprint density at radius 1 is 1.44 bits per heavy atom.